The highest BCUT2D eigenvalue weighted by atomic mass is 35.5. The van der Waals surface area contributed by atoms with Crippen molar-refractivity contribution in [1.82, 2.24) is 0 Å². The molecule has 2 rings (SSSR count). The minimum atomic E-state index is 0.346. The summed E-state index contributed by atoms with van der Waals surface area (Å²) in [6.07, 6.45) is 0. The third-order valence-electron chi connectivity index (χ3n) is 2.32. The molecule has 0 radical (unpaired) electrons. The molecule has 2 aromatic rings. The number of rotatable bonds is 3. The van der Waals surface area contributed by atoms with Crippen LogP contribution < -0.4 is 10.5 Å². The van der Waals surface area contributed by atoms with Crippen LogP contribution in [0.1, 0.15) is 10.4 Å². The minimum absolute atomic E-state index is 0.346. The lowest BCUT2D eigenvalue weighted by molar-refractivity contribution is 0.310. The molecule has 0 saturated carbocycles. The Bertz CT molecular complexity index is 628. The van der Waals surface area contributed by atoms with Crippen LogP contribution >= 0.6 is 34.5 Å². The predicted molar refractivity (Wildman–Crippen MR) is 81.0 cm³/mol. The molecule has 0 saturated heterocycles. The van der Waals surface area contributed by atoms with Gasteiger partial charge < -0.3 is 10.5 Å². The van der Waals surface area contributed by atoms with Crippen molar-refractivity contribution >= 4 is 34.5 Å². The van der Waals surface area contributed by atoms with Crippen LogP contribution in [0, 0.1) is 11.8 Å². The van der Waals surface area contributed by atoms with Gasteiger partial charge in [0.15, 0.2) is 0 Å². The Kier molecular flexibility index (Phi) is 5.12. The Hall–Kier alpha value is -1.18. The average Bonchev–Trinajstić information content (AvgIpc) is 2.83. The maximum absolute atomic E-state index is 6.04. The molecule has 0 bridgehead atoms. The molecule has 5 heteroatoms. The molecule has 0 fully saturated rings. The quantitative estimate of drug-likeness (QED) is 0.871. The number of thiophene rings is 1. The van der Waals surface area contributed by atoms with Gasteiger partial charge in [-0.3, -0.25) is 0 Å². The first kappa shape index (κ1) is 14.2. The molecule has 0 atom stereocenters. The number of ether oxygens (including phenoxy) is 1. The first-order valence-corrected chi connectivity index (χ1v) is 7.17. The molecule has 0 amide bonds. The Morgan fingerprint density at radius 3 is 2.84 bits per heavy atom. The summed E-state index contributed by atoms with van der Waals surface area (Å²) in [4.78, 5) is 1.05. The maximum atomic E-state index is 6.04. The number of nitrogens with two attached hydrogens (primary N) is 1. The van der Waals surface area contributed by atoms with E-state index in [2.05, 4.69) is 11.8 Å². The number of hydrogen-bond donors (Lipinski definition) is 1. The summed E-state index contributed by atoms with van der Waals surface area (Å²) in [5, 5.41) is 3.06. The highest BCUT2D eigenvalue weighted by Crippen LogP contribution is 2.29. The van der Waals surface area contributed by atoms with E-state index in [1.54, 1.807) is 29.5 Å². The second-order valence-corrected chi connectivity index (χ2v) is 5.47. The van der Waals surface area contributed by atoms with Crippen LogP contribution in [0.2, 0.25) is 10.0 Å². The molecular formula is C14H11Cl2NOS. The Balaban J connectivity index is 2.08. The summed E-state index contributed by atoms with van der Waals surface area (Å²) in [6, 6.07) is 7.10. The highest BCUT2D eigenvalue weighted by molar-refractivity contribution is 7.10. The first-order chi connectivity index (χ1) is 9.20. The van der Waals surface area contributed by atoms with Gasteiger partial charge in [-0.1, -0.05) is 35.0 Å². The Morgan fingerprint density at radius 2 is 2.11 bits per heavy atom. The molecule has 0 aliphatic rings. The molecule has 0 aliphatic carbocycles. The van der Waals surface area contributed by atoms with E-state index in [1.165, 1.54) is 0 Å². The van der Waals surface area contributed by atoms with E-state index in [0.29, 0.717) is 28.9 Å². The SMILES string of the molecule is NCC#Cc1ccsc1COc1ccc(Cl)cc1Cl. The molecule has 0 aliphatic heterocycles. The van der Waals surface area contributed by atoms with Gasteiger partial charge in [-0.2, -0.15) is 0 Å². The topological polar surface area (TPSA) is 35.2 Å². The van der Waals surface area contributed by atoms with Crippen molar-refractivity contribution in [1.29, 1.82) is 0 Å². The van der Waals surface area contributed by atoms with Gasteiger partial charge in [0.25, 0.3) is 0 Å². The van der Waals surface area contributed by atoms with Crippen molar-refractivity contribution in [3.05, 3.63) is 50.1 Å². The van der Waals surface area contributed by atoms with Crippen LogP contribution in [0.5, 0.6) is 5.75 Å². The smallest absolute Gasteiger partial charge is 0.138 e. The third kappa shape index (κ3) is 3.89. The van der Waals surface area contributed by atoms with Gasteiger partial charge in [-0.05, 0) is 29.6 Å². The lowest BCUT2D eigenvalue weighted by Gasteiger charge is -2.07. The zero-order valence-electron chi connectivity index (χ0n) is 9.95. The minimum Gasteiger partial charge on any atom is -0.486 e. The molecular weight excluding hydrogens is 301 g/mol. The summed E-state index contributed by atoms with van der Waals surface area (Å²) in [5.74, 6) is 6.46. The molecule has 1 heterocycles. The van der Waals surface area contributed by atoms with Gasteiger partial charge in [0, 0.05) is 10.6 Å². The van der Waals surface area contributed by atoms with Crippen molar-refractivity contribution in [3.8, 4) is 17.6 Å². The second-order valence-electron chi connectivity index (χ2n) is 3.63. The lowest BCUT2D eigenvalue weighted by atomic mass is 10.2. The fourth-order valence-electron chi connectivity index (χ4n) is 1.45. The fourth-order valence-corrected chi connectivity index (χ4v) is 2.65. The van der Waals surface area contributed by atoms with Crippen molar-refractivity contribution in [2.45, 2.75) is 6.61 Å². The molecule has 1 aromatic heterocycles. The van der Waals surface area contributed by atoms with E-state index >= 15 is 0 Å². The van der Waals surface area contributed by atoms with Crippen LogP contribution in [0.4, 0.5) is 0 Å². The van der Waals surface area contributed by atoms with Crippen LogP contribution in [-0.4, -0.2) is 6.54 Å². The van der Waals surface area contributed by atoms with Gasteiger partial charge in [0.1, 0.15) is 12.4 Å². The first-order valence-electron chi connectivity index (χ1n) is 5.54. The summed E-state index contributed by atoms with van der Waals surface area (Å²) >= 11 is 13.5. The summed E-state index contributed by atoms with van der Waals surface area (Å²) in [7, 11) is 0. The van der Waals surface area contributed by atoms with E-state index in [4.69, 9.17) is 33.7 Å². The van der Waals surface area contributed by atoms with Gasteiger partial charge in [-0.25, -0.2) is 0 Å². The molecule has 2 nitrogen and oxygen atoms in total. The van der Waals surface area contributed by atoms with Crippen molar-refractivity contribution < 1.29 is 4.74 Å². The second kappa shape index (κ2) is 6.83. The van der Waals surface area contributed by atoms with Gasteiger partial charge in [0.2, 0.25) is 0 Å². The fraction of sp³-hybridized carbons (Fsp3) is 0.143. The zero-order valence-corrected chi connectivity index (χ0v) is 12.3. The lowest BCUT2D eigenvalue weighted by Crippen LogP contribution is -1.96. The van der Waals surface area contributed by atoms with E-state index in [1.807, 2.05) is 11.4 Å². The number of benzene rings is 1. The molecule has 98 valence electrons. The standard InChI is InChI=1S/C14H11Cl2NOS/c15-11-3-4-13(12(16)8-11)18-9-14-10(2-1-6-17)5-7-19-14/h3-5,7-8H,6,9,17H2. The largest absolute Gasteiger partial charge is 0.486 e. The van der Waals surface area contributed by atoms with E-state index < -0.39 is 0 Å². The normalized spacial score (nSPS) is 9.84. The monoisotopic (exact) mass is 311 g/mol. The van der Waals surface area contributed by atoms with E-state index in [-0.39, 0.29) is 0 Å². The Labute approximate surface area is 126 Å². The molecule has 19 heavy (non-hydrogen) atoms. The van der Waals surface area contributed by atoms with Gasteiger partial charge in [0.05, 0.1) is 16.4 Å². The van der Waals surface area contributed by atoms with E-state index in [9.17, 15) is 0 Å². The number of hydrogen-bond acceptors (Lipinski definition) is 3. The molecule has 2 N–H and O–H groups in total. The predicted octanol–water partition coefficient (Wildman–Crippen LogP) is 3.94. The highest BCUT2D eigenvalue weighted by Gasteiger charge is 2.06. The molecule has 0 unspecified atom stereocenters. The van der Waals surface area contributed by atoms with Crippen molar-refractivity contribution in [2.24, 2.45) is 5.73 Å². The summed E-state index contributed by atoms with van der Waals surface area (Å²) in [6.45, 7) is 0.771. The third-order valence-corrected chi connectivity index (χ3v) is 3.75. The van der Waals surface area contributed by atoms with Gasteiger partial charge in [-0.15, -0.1) is 11.3 Å². The number of halogens is 2. The van der Waals surface area contributed by atoms with Crippen LogP contribution in [0.15, 0.2) is 29.6 Å². The zero-order chi connectivity index (χ0) is 13.7. The van der Waals surface area contributed by atoms with Crippen LogP contribution in [0.3, 0.4) is 0 Å². The van der Waals surface area contributed by atoms with Crippen LogP contribution in [-0.2, 0) is 6.61 Å². The summed E-state index contributed by atoms with van der Waals surface area (Å²) in [5.41, 5.74) is 6.31. The van der Waals surface area contributed by atoms with Crippen molar-refractivity contribution in [3.63, 3.8) is 0 Å². The maximum Gasteiger partial charge on any atom is 0.138 e. The average molecular weight is 312 g/mol. The van der Waals surface area contributed by atoms with Crippen LogP contribution in [0.25, 0.3) is 0 Å². The van der Waals surface area contributed by atoms with Gasteiger partial charge >= 0.3 is 0 Å². The Morgan fingerprint density at radius 1 is 1.26 bits per heavy atom. The molecule has 0 spiro atoms. The van der Waals surface area contributed by atoms with E-state index in [0.717, 1.165) is 10.4 Å². The van der Waals surface area contributed by atoms with Crippen molar-refractivity contribution in [2.75, 3.05) is 6.54 Å². The molecule has 1 aromatic carbocycles. The summed E-state index contributed by atoms with van der Waals surface area (Å²) < 4.78 is 5.68.